The van der Waals surface area contributed by atoms with Crippen molar-refractivity contribution in [1.29, 1.82) is 0 Å². The molecule has 4 heteroatoms. The lowest BCUT2D eigenvalue weighted by Gasteiger charge is -2.27. The van der Waals surface area contributed by atoms with Crippen LogP contribution in [0.2, 0.25) is 0 Å². The number of ether oxygens (including phenoxy) is 1. The van der Waals surface area contributed by atoms with Gasteiger partial charge in [0, 0.05) is 43.8 Å². The molecule has 1 aliphatic carbocycles. The van der Waals surface area contributed by atoms with E-state index in [1.54, 1.807) is 0 Å². The van der Waals surface area contributed by atoms with Crippen molar-refractivity contribution >= 4 is 11.8 Å². The van der Waals surface area contributed by atoms with Crippen LogP contribution >= 0.6 is 11.8 Å². The van der Waals surface area contributed by atoms with Crippen LogP contribution in [-0.4, -0.2) is 62.3 Å². The van der Waals surface area contributed by atoms with E-state index in [0.29, 0.717) is 6.04 Å². The molecule has 1 saturated heterocycles. The molecule has 94 valence electrons. The van der Waals surface area contributed by atoms with Crippen LogP contribution in [0.5, 0.6) is 0 Å². The Kier molecular flexibility index (Phi) is 5.42. The van der Waals surface area contributed by atoms with E-state index in [1.807, 2.05) is 0 Å². The molecule has 1 aliphatic heterocycles. The van der Waals surface area contributed by atoms with Gasteiger partial charge in [0.15, 0.2) is 0 Å². The predicted octanol–water partition coefficient (Wildman–Crippen LogP) is 1.05. The first-order chi connectivity index (χ1) is 7.84. The minimum absolute atomic E-state index is 0.673. The highest BCUT2D eigenvalue weighted by Gasteiger charge is 2.21. The van der Waals surface area contributed by atoms with Crippen LogP contribution in [0.1, 0.15) is 12.8 Å². The minimum Gasteiger partial charge on any atom is -0.380 e. The van der Waals surface area contributed by atoms with Gasteiger partial charge in [-0.15, -0.1) is 0 Å². The van der Waals surface area contributed by atoms with Gasteiger partial charge in [-0.25, -0.2) is 0 Å². The van der Waals surface area contributed by atoms with Crippen molar-refractivity contribution in [2.75, 3.05) is 51.4 Å². The Balaban J connectivity index is 1.47. The van der Waals surface area contributed by atoms with Crippen molar-refractivity contribution in [3.63, 3.8) is 0 Å². The molecule has 0 aromatic rings. The lowest BCUT2D eigenvalue weighted by atomic mass is 10.3. The molecule has 1 unspecified atom stereocenters. The van der Waals surface area contributed by atoms with Gasteiger partial charge in [0.05, 0.1) is 6.61 Å². The van der Waals surface area contributed by atoms with Crippen LogP contribution < -0.4 is 5.32 Å². The summed E-state index contributed by atoms with van der Waals surface area (Å²) in [5.41, 5.74) is 0. The Morgan fingerprint density at radius 3 is 3.00 bits per heavy atom. The Hall–Kier alpha value is 0.230. The average molecular weight is 244 g/mol. The van der Waals surface area contributed by atoms with E-state index < -0.39 is 0 Å². The largest absolute Gasteiger partial charge is 0.380 e. The maximum absolute atomic E-state index is 5.65. The Morgan fingerprint density at radius 2 is 2.31 bits per heavy atom. The van der Waals surface area contributed by atoms with Crippen LogP contribution in [0.25, 0.3) is 0 Å². The maximum Gasteiger partial charge on any atom is 0.0593 e. The van der Waals surface area contributed by atoms with Gasteiger partial charge in [0.1, 0.15) is 0 Å². The van der Waals surface area contributed by atoms with Gasteiger partial charge < -0.3 is 15.0 Å². The van der Waals surface area contributed by atoms with Crippen LogP contribution in [0.15, 0.2) is 0 Å². The van der Waals surface area contributed by atoms with Crippen LogP contribution in [0.3, 0.4) is 0 Å². The first kappa shape index (κ1) is 12.7. The SMILES string of the molecule is CN(CCOCC1CC1)CC1CSCCN1. The lowest BCUT2D eigenvalue weighted by molar-refractivity contribution is 0.101. The van der Waals surface area contributed by atoms with E-state index >= 15 is 0 Å². The highest BCUT2D eigenvalue weighted by atomic mass is 32.2. The number of nitrogens with one attached hydrogen (secondary N) is 1. The molecule has 0 aromatic heterocycles. The van der Waals surface area contributed by atoms with Crippen LogP contribution in [-0.2, 0) is 4.74 Å². The molecule has 2 rings (SSSR count). The molecule has 1 saturated carbocycles. The lowest BCUT2D eigenvalue weighted by Crippen LogP contribution is -2.45. The summed E-state index contributed by atoms with van der Waals surface area (Å²) in [6.45, 7) is 5.27. The van der Waals surface area contributed by atoms with Crippen LogP contribution in [0, 0.1) is 5.92 Å². The van der Waals surface area contributed by atoms with Crippen molar-refractivity contribution in [1.82, 2.24) is 10.2 Å². The monoisotopic (exact) mass is 244 g/mol. The van der Waals surface area contributed by atoms with Crippen molar-refractivity contribution < 1.29 is 4.74 Å². The van der Waals surface area contributed by atoms with Gasteiger partial charge in [-0.1, -0.05) is 0 Å². The third-order valence-corrected chi connectivity index (χ3v) is 4.33. The summed E-state index contributed by atoms with van der Waals surface area (Å²) >= 11 is 2.07. The normalized spacial score (nSPS) is 26.2. The highest BCUT2D eigenvalue weighted by molar-refractivity contribution is 7.99. The molecule has 1 heterocycles. The molecule has 1 N–H and O–H groups in total. The number of hydrogen-bond donors (Lipinski definition) is 1. The zero-order valence-corrected chi connectivity index (χ0v) is 11.1. The second-order valence-electron chi connectivity index (χ2n) is 5.01. The molecular weight excluding hydrogens is 220 g/mol. The minimum atomic E-state index is 0.673. The van der Waals surface area contributed by atoms with Gasteiger partial charge in [-0.3, -0.25) is 0 Å². The molecular formula is C12H24N2OS. The number of thioether (sulfide) groups is 1. The summed E-state index contributed by atoms with van der Waals surface area (Å²) in [5.74, 6) is 3.42. The van der Waals surface area contributed by atoms with Crippen molar-refractivity contribution in [3.05, 3.63) is 0 Å². The number of rotatable bonds is 7. The zero-order valence-electron chi connectivity index (χ0n) is 10.3. The third kappa shape index (κ3) is 5.04. The van der Waals surface area contributed by atoms with Crippen molar-refractivity contribution in [3.8, 4) is 0 Å². The molecule has 0 spiro atoms. The van der Waals surface area contributed by atoms with E-state index in [2.05, 4.69) is 29.0 Å². The Morgan fingerprint density at radius 1 is 1.44 bits per heavy atom. The molecule has 2 aliphatic rings. The molecule has 0 radical (unpaired) electrons. The van der Waals surface area contributed by atoms with E-state index in [-0.39, 0.29) is 0 Å². The average Bonchev–Trinajstić information content (AvgIpc) is 3.10. The van der Waals surface area contributed by atoms with Crippen molar-refractivity contribution in [2.45, 2.75) is 18.9 Å². The molecule has 16 heavy (non-hydrogen) atoms. The fraction of sp³-hybridized carbons (Fsp3) is 1.00. The van der Waals surface area contributed by atoms with Crippen molar-refractivity contribution in [2.24, 2.45) is 5.92 Å². The van der Waals surface area contributed by atoms with E-state index in [1.165, 1.54) is 30.9 Å². The summed E-state index contributed by atoms with van der Waals surface area (Å²) in [4.78, 5) is 2.39. The molecule has 0 aromatic carbocycles. The fourth-order valence-corrected chi connectivity index (χ4v) is 2.90. The van der Waals surface area contributed by atoms with Gasteiger partial charge in [0.2, 0.25) is 0 Å². The maximum atomic E-state index is 5.65. The summed E-state index contributed by atoms with van der Waals surface area (Å²) in [6.07, 6.45) is 2.78. The zero-order chi connectivity index (χ0) is 11.2. The quantitative estimate of drug-likeness (QED) is 0.677. The topological polar surface area (TPSA) is 24.5 Å². The van der Waals surface area contributed by atoms with Crippen LogP contribution in [0.4, 0.5) is 0 Å². The number of hydrogen-bond acceptors (Lipinski definition) is 4. The highest BCUT2D eigenvalue weighted by Crippen LogP contribution is 2.28. The predicted molar refractivity (Wildman–Crippen MR) is 70.2 cm³/mol. The summed E-state index contributed by atoms with van der Waals surface area (Å²) < 4.78 is 5.65. The first-order valence-corrected chi connectivity index (χ1v) is 7.57. The third-order valence-electron chi connectivity index (χ3n) is 3.20. The number of nitrogens with zero attached hydrogens (tertiary/aromatic N) is 1. The smallest absolute Gasteiger partial charge is 0.0593 e. The first-order valence-electron chi connectivity index (χ1n) is 6.42. The van der Waals surface area contributed by atoms with E-state index in [0.717, 1.165) is 32.2 Å². The van der Waals surface area contributed by atoms with Gasteiger partial charge >= 0.3 is 0 Å². The molecule has 0 amide bonds. The van der Waals surface area contributed by atoms with Gasteiger partial charge in [0.25, 0.3) is 0 Å². The van der Waals surface area contributed by atoms with E-state index in [4.69, 9.17) is 4.74 Å². The summed E-state index contributed by atoms with van der Waals surface area (Å²) in [7, 11) is 2.20. The Labute approximate surface area is 103 Å². The second kappa shape index (κ2) is 6.84. The fourth-order valence-electron chi connectivity index (χ4n) is 1.96. The summed E-state index contributed by atoms with van der Waals surface area (Å²) in [6, 6.07) is 0.673. The van der Waals surface area contributed by atoms with E-state index in [9.17, 15) is 0 Å². The van der Waals surface area contributed by atoms with Gasteiger partial charge in [-0.2, -0.15) is 11.8 Å². The molecule has 0 bridgehead atoms. The molecule has 3 nitrogen and oxygen atoms in total. The number of likely N-dealkylation sites (N-methyl/N-ethyl adjacent to an activating group) is 1. The summed E-state index contributed by atoms with van der Waals surface area (Å²) in [5, 5.41) is 3.57. The molecule has 2 fully saturated rings. The Bertz CT molecular complexity index is 193. The standard InChI is InChI=1S/C12H24N2OS/c1-14(5-6-15-9-11-2-3-11)8-12-10-16-7-4-13-12/h11-13H,2-10H2,1H3. The molecule has 1 atom stereocenters. The second-order valence-corrected chi connectivity index (χ2v) is 6.16. The van der Waals surface area contributed by atoms with Gasteiger partial charge in [-0.05, 0) is 25.8 Å².